The summed E-state index contributed by atoms with van der Waals surface area (Å²) in [5, 5.41) is 13.6. The lowest BCUT2D eigenvalue weighted by Gasteiger charge is -2.26. The molecule has 2 unspecified atom stereocenters. The maximum absolute atomic E-state index is 10.5. The van der Waals surface area contributed by atoms with Gasteiger partial charge in [-0.25, -0.2) is 0 Å². The summed E-state index contributed by atoms with van der Waals surface area (Å²) < 4.78 is 5.96. The quantitative estimate of drug-likeness (QED) is 0.688. The molecule has 0 bridgehead atoms. The fourth-order valence-electron chi connectivity index (χ4n) is 2.42. The third kappa shape index (κ3) is 6.13. The highest BCUT2D eigenvalue weighted by Gasteiger charge is 2.23. The molecule has 0 saturated carbocycles. The van der Waals surface area contributed by atoms with Crippen LogP contribution < -0.4 is 15.8 Å². The van der Waals surface area contributed by atoms with Gasteiger partial charge >= 0.3 is 0 Å². The minimum atomic E-state index is -0.663. The van der Waals surface area contributed by atoms with Crippen molar-refractivity contribution in [2.45, 2.75) is 58.6 Å². The molecule has 0 saturated heterocycles. The zero-order chi connectivity index (χ0) is 17.6. The summed E-state index contributed by atoms with van der Waals surface area (Å²) in [6.45, 7) is 12.2. The van der Waals surface area contributed by atoms with Crippen LogP contribution in [0.15, 0.2) is 18.2 Å². The molecular weight excluding hydrogens is 288 g/mol. The van der Waals surface area contributed by atoms with E-state index in [2.05, 4.69) is 39.9 Å². The van der Waals surface area contributed by atoms with Crippen LogP contribution in [-0.4, -0.2) is 31.3 Å². The smallest absolute Gasteiger partial charge is 0.123 e. The Bertz CT molecular complexity index is 481. The predicted molar refractivity (Wildman–Crippen MR) is 97.0 cm³/mol. The maximum atomic E-state index is 10.5. The minimum absolute atomic E-state index is 0.0584. The van der Waals surface area contributed by atoms with Crippen LogP contribution in [0.2, 0.25) is 0 Å². The fourth-order valence-corrected chi connectivity index (χ4v) is 2.42. The summed E-state index contributed by atoms with van der Waals surface area (Å²) in [7, 11) is 1.89. The Labute approximate surface area is 141 Å². The van der Waals surface area contributed by atoms with Crippen molar-refractivity contribution in [1.29, 1.82) is 0 Å². The summed E-state index contributed by atoms with van der Waals surface area (Å²) in [6, 6.07) is 5.65. The first-order valence-electron chi connectivity index (χ1n) is 8.52. The van der Waals surface area contributed by atoms with E-state index in [-0.39, 0.29) is 11.5 Å². The molecule has 2 atom stereocenters. The first-order chi connectivity index (χ1) is 10.7. The molecule has 0 aliphatic carbocycles. The van der Waals surface area contributed by atoms with E-state index >= 15 is 0 Å². The molecule has 0 fully saturated rings. The normalized spacial score (nSPS) is 14.8. The maximum Gasteiger partial charge on any atom is 0.123 e. The van der Waals surface area contributed by atoms with E-state index in [0.29, 0.717) is 12.5 Å². The number of hydrogen-bond acceptors (Lipinski definition) is 4. The highest BCUT2D eigenvalue weighted by Crippen LogP contribution is 2.34. The lowest BCUT2D eigenvalue weighted by atomic mass is 9.84. The zero-order valence-corrected chi connectivity index (χ0v) is 15.5. The molecule has 0 aliphatic heterocycles. The van der Waals surface area contributed by atoms with E-state index in [4.69, 9.17) is 10.5 Å². The van der Waals surface area contributed by atoms with E-state index in [1.807, 2.05) is 25.2 Å². The Morgan fingerprint density at radius 1 is 1.26 bits per heavy atom. The van der Waals surface area contributed by atoms with Crippen molar-refractivity contribution < 1.29 is 9.84 Å². The highest BCUT2D eigenvalue weighted by molar-refractivity contribution is 5.42. The summed E-state index contributed by atoms with van der Waals surface area (Å²) in [5.41, 5.74) is 8.02. The topological polar surface area (TPSA) is 67.5 Å². The lowest BCUT2D eigenvalue weighted by molar-refractivity contribution is 0.142. The number of ether oxygens (including phenoxy) is 1. The van der Waals surface area contributed by atoms with Crippen LogP contribution in [-0.2, 0) is 5.41 Å². The van der Waals surface area contributed by atoms with Crippen LogP contribution >= 0.6 is 0 Å². The van der Waals surface area contributed by atoms with E-state index in [1.54, 1.807) is 0 Å². The van der Waals surface area contributed by atoms with Gasteiger partial charge in [0, 0.05) is 6.04 Å². The van der Waals surface area contributed by atoms with Crippen molar-refractivity contribution in [3.63, 3.8) is 0 Å². The molecule has 1 aromatic carbocycles. The van der Waals surface area contributed by atoms with Gasteiger partial charge in [-0.05, 0) is 54.6 Å². The molecule has 0 spiro atoms. The Hall–Kier alpha value is -1.10. The Morgan fingerprint density at radius 3 is 2.43 bits per heavy atom. The van der Waals surface area contributed by atoms with E-state index in [9.17, 15) is 5.11 Å². The third-order valence-electron chi connectivity index (χ3n) is 3.86. The number of nitrogens with one attached hydrogen (secondary N) is 1. The molecular formula is C19H34N2O2. The van der Waals surface area contributed by atoms with Gasteiger partial charge in [0.2, 0.25) is 0 Å². The molecule has 0 aliphatic rings. The first-order valence-corrected chi connectivity index (χ1v) is 8.52. The van der Waals surface area contributed by atoms with Crippen LogP contribution in [0.1, 0.15) is 58.3 Å². The molecule has 0 aromatic heterocycles. The molecule has 23 heavy (non-hydrogen) atoms. The largest absolute Gasteiger partial charge is 0.493 e. The average Bonchev–Trinajstić information content (AvgIpc) is 2.48. The molecule has 1 aromatic rings. The van der Waals surface area contributed by atoms with Gasteiger partial charge in [0.15, 0.2) is 0 Å². The van der Waals surface area contributed by atoms with Crippen LogP contribution in [0.5, 0.6) is 5.75 Å². The molecule has 0 radical (unpaired) electrons. The second-order valence-electron chi connectivity index (χ2n) is 7.71. The molecule has 1 rings (SSSR count). The summed E-state index contributed by atoms with van der Waals surface area (Å²) >= 11 is 0. The number of aliphatic hydroxyl groups is 1. The molecule has 0 amide bonds. The van der Waals surface area contributed by atoms with Gasteiger partial charge in [0.25, 0.3) is 0 Å². The number of nitrogens with two attached hydrogens (primary N) is 1. The summed E-state index contributed by atoms with van der Waals surface area (Å²) in [6.07, 6.45) is 0.0669. The van der Waals surface area contributed by atoms with Gasteiger partial charge in [0.1, 0.15) is 5.75 Å². The molecule has 4 heteroatoms. The summed E-state index contributed by atoms with van der Waals surface area (Å²) in [4.78, 5) is 0. The standard InChI is InChI=1S/C19H34N2O2/c1-13(2)12-23-17-8-7-14(11-15(17)19(3,4)5)18(22)16(20)9-10-21-6/h7-8,11,13,16,18,21-22H,9-10,12,20H2,1-6H3. The average molecular weight is 322 g/mol. The predicted octanol–water partition coefficient (Wildman–Crippen LogP) is 2.99. The number of hydrogen-bond donors (Lipinski definition) is 3. The zero-order valence-electron chi connectivity index (χ0n) is 15.5. The van der Waals surface area contributed by atoms with Gasteiger partial charge in [0.05, 0.1) is 12.7 Å². The first kappa shape index (κ1) is 19.9. The second-order valence-corrected chi connectivity index (χ2v) is 7.71. The fraction of sp³-hybridized carbons (Fsp3) is 0.684. The minimum Gasteiger partial charge on any atom is -0.493 e. The van der Waals surface area contributed by atoms with Crippen molar-refractivity contribution in [1.82, 2.24) is 5.32 Å². The summed E-state index contributed by atoms with van der Waals surface area (Å²) in [5.74, 6) is 1.37. The number of aliphatic hydroxyl groups excluding tert-OH is 1. The van der Waals surface area contributed by atoms with E-state index in [1.165, 1.54) is 0 Å². The number of benzene rings is 1. The SMILES string of the molecule is CNCCC(N)C(O)c1ccc(OCC(C)C)c(C(C)(C)C)c1. The van der Waals surface area contributed by atoms with Crippen molar-refractivity contribution in [2.24, 2.45) is 11.7 Å². The third-order valence-corrected chi connectivity index (χ3v) is 3.86. The highest BCUT2D eigenvalue weighted by atomic mass is 16.5. The van der Waals surface area contributed by atoms with Gasteiger partial charge in [-0.3, -0.25) is 0 Å². The van der Waals surface area contributed by atoms with E-state index in [0.717, 1.165) is 29.8 Å². The Morgan fingerprint density at radius 2 is 1.91 bits per heavy atom. The monoisotopic (exact) mass is 322 g/mol. The van der Waals surface area contributed by atoms with Crippen LogP contribution in [0.25, 0.3) is 0 Å². The number of rotatable bonds is 8. The Kier molecular flexibility index (Phi) is 7.52. The molecule has 4 N–H and O–H groups in total. The van der Waals surface area contributed by atoms with Crippen molar-refractivity contribution >= 4 is 0 Å². The van der Waals surface area contributed by atoms with Gasteiger partial charge in [-0.1, -0.05) is 40.7 Å². The van der Waals surface area contributed by atoms with Crippen LogP contribution in [0.4, 0.5) is 0 Å². The van der Waals surface area contributed by atoms with Crippen molar-refractivity contribution in [3.05, 3.63) is 29.3 Å². The Balaban J connectivity index is 3.03. The van der Waals surface area contributed by atoms with Gasteiger partial charge in [-0.2, -0.15) is 0 Å². The molecule has 4 nitrogen and oxygen atoms in total. The second kappa shape index (κ2) is 8.67. The van der Waals surface area contributed by atoms with Crippen LogP contribution in [0.3, 0.4) is 0 Å². The lowest BCUT2D eigenvalue weighted by Crippen LogP contribution is -2.31. The van der Waals surface area contributed by atoms with Gasteiger partial charge < -0.3 is 20.9 Å². The van der Waals surface area contributed by atoms with Gasteiger partial charge in [-0.15, -0.1) is 0 Å². The van der Waals surface area contributed by atoms with E-state index < -0.39 is 6.10 Å². The van der Waals surface area contributed by atoms with Crippen LogP contribution in [0, 0.1) is 5.92 Å². The van der Waals surface area contributed by atoms with Crippen molar-refractivity contribution in [3.8, 4) is 5.75 Å². The molecule has 0 heterocycles. The van der Waals surface area contributed by atoms with Crippen molar-refractivity contribution in [2.75, 3.05) is 20.2 Å². The molecule has 132 valence electrons.